The fraction of sp³-hybridized carbons (Fsp3) is 0.615. The Morgan fingerprint density at radius 3 is 2.71 bits per heavy atom. The number of hydrogen-bond donors (Lipinski definition) is 0. The number of carbonyl (C=O) groups excluding carboxylic acids is 1. The molecule has 94 valence electrons. The summed E-state index contributed by atoms with van der Waals surface area (Å²) < 4.78 is 6.75. The SMILES string of the molecule is CCOC1(C(=O)c2sccc2Br)CCCCC1. The van der Waals surface area contributed by atoms with Crippen molar-refractivity contribution >= 4 is 33.0 Å². The molecule has 1 aromatic rings. The lowest BCUT2D eigenvalue weighted by molar-refractivity contribution is -0.0408. The van der Waals surface area contributed by atoms with Gasteiger partial charge in [-0.3, -0.25) is 4.79 Å². The van der Waals surface area contributed by atoms with Gasteiger partial charge in [0.1, 0.15) is 5.60 Å². The van der Waals surface area contributed by atoms with E-state index in [0.29, 0.717) is 6.61 Å². The standard InChI is InChI=1S/C13H17BrO2S/c1-2-16-13(7-4-3-5-8-13)12(15)11-10(14)6-9-17-11/h6,9H,2-5,7-8H2,1H3. The molecule has 4 heteroatoms. The molecule has 2 rings (SSSR count). The summed E-state index contributed by atoms with van der Waals surface area (Å²) in [5.74, 6) is 0.168. The fourth-order valence-corrected chi connectivity index (χ4v) is 4.08. The Kier molecular flexibility index (Phi) is 4.39. The Morgan fingerprint density at radius 1 is 1.47 bits per heavy atom. The van der Waals surface area contributed by atoms with Gasteiger partial charge < -0.3 is 4.74 Å². The lowest BCUT2D eigenvalue weighted by Crippen LogP contribution is -2.43. The number of ether oxygens (including phenoxy) is 1. The maximum absolute atomic E-state index is 12.6. The van der Waals surface area contributed by atoms with Crippen LogP contribution in [0.4, 0.5) is 0 Å². The van der Waals surface area contributed by atoms with Crippen molar-refractivity contribution in [3.63, 3.8) is 0 Å². The molecule has 1 aliphatic rings. The molecule has 0 amide bonds. The number of hydrogen-bond acceptors (Lipinski definition) is 3. The number of thiophene rings is 1. The van der Waals surface area contributed by atoms with Crippen LogP contribution in [0.3, 0.4) is 0 Å². The van der Waals surface area contributed by atoms with Gasteiger partial charge in [-0.05, 0) is 47.1 Å². The second kappa shape index (κ2) is 5.63. The predicted octanol–water partition coefficient (Wildman–Crippen LogP) is 4.43. The summed E-state index contributed by atoms with van der Waals surface area (Å²) in [5.41, 5.74) is -0.555. The molecule has 17 heavy (non-hydrogen) atoms. The van der Waals surface area contributed by atoms with E-state index in [1.54, 1.807) is 0 Å². The molecule has 0 aromatic carbocycles. The monoisotopic (exact) mass is 316 g/mol. The fourth-order valence-electron chi connectivity index (χ4n) is 2.50. The number of Topliss-reactive ketones (excluding diaryl/α,β-unsaturated/α-hetero) is 1. The summed E-state index contributed by atoms with van der Waals surface area (Å²) in [6.07, 6.45) is 5.13. The largest absolute Gasteiger partial charge is 0.367 e. The first-order valence-electron chi connectivity index (χ1n) is 6.11. The summed E-state index contributed by atoms with van der Waals surface area (Å²) >= 11 is 4.94. The normalized spacial score (nSPS) is 19.2. The predicted molar refractivity (Wildman–Crippen MR) is 73.8 cm³/mol. The highest BCUT2D eigenvalue weighted by atomic mass is 79.9. The van der Waals surface area contributed by atoms with Crippen LogP contribution in [0.5, 0.6) is 0 Å². The molecular weight excluding hydrogens is 300 g/mol. The van der Waals surface area contributed by atoms with E-state index >= 15 is 0 Å². The molecule has 1 fully saturated rings. The van der Waals surface area contributed by atoms with Crippen molar-refractivity contribution in [3.05, 3.63) is 20.8 Å². The van der Waals surface area contributed by atoms with E-state index < -0.39 is 5.60 Å². The summed E-state index contributed by atoms with van der Waals surface area (Å²) in [7, 11) is 0. The van der Waals surface area contributed by atoms with Crippen LogP contribution in [-0.4, -0.2) is 18.0 Å². The number of rotatable bonds is 4. The Balaban J connectivity index is 2.27. The Morgan fingerprint density at radius 2 is 2.18 bits per heavy atom. The Labute approximate surface area is 114 Å². The minimum atomic E-state index is -0.555. The van der Waals surface area contributed by atoms with Crippen LogP contribution in [0.2, 0.25) is 0 Å². The van der Waals surface area contributed by atoms with Crippen molar-refractivity contribution in [3.8, 4) is 0 Å². The summed E-state index contributed by atoms with van der Waals surface area (Å²) in [5, 5.41) is 1.94. The van der Waals surface area contributed by atoms with E-state index in [2.05, 4.69) is 15.9 Å². The highest BCUT2D eigenvalue weighted by Gasteiger charge is 2.41. The van der Waals surface area contributed by atoms with Crippen LogP contribution < -0.4 is 0 Å². The highest BCUT2D eigenvalue weighted by Crippen LogP contribution is 2.37. The third-order valence-electron chi connectivity index (χ3n) is 3.32. The van der Waals surface area contributed by atoms with Gasteiger partial charge in [-0.25, -0.2) is 0 Å². The molecule has 0 saturated heterocycles. The zero-order valence-corrected chi connectivity index (χ0v) is 12.4. The van der Waals surface area contributed by atoms with Crippen molar-refractivity contribution in [1.82, 2.24) is 0 Å². The topological polar surface area (TPSA) is 26.3 Å². The maximum Gasteiger partial charge on any atom is 0.205 e. The molecule has 0 unspecified atom stereocenters. The van der Waals surface area contributed by atoms with Crippen LogP contribution in [0.25, 0.3) is 0 Å². The van der Waals surface area contributed by atoms with Gasteiger partial charge in [0.05, 0.1) is 4.88 Å². The number of ketones is 1. The second-order valence-corrected chi connectivity index (χ2v) is 6.19. The van der Waals surface area contributed by atoms with E-state index in [-0.39, 0.29) is 5.78 Å². The van der Waals surface area contributed by atoms with Crippen molar-refractivity contribution in [2.45, 2.75) is 44.6 Å². The van der Waals surface area contributed by atoms with E-state index in [1.807, 2.05) is 18.4 Å². The minimum Gasteiger partial charge on any atom is -0.367 e. The molecule has 0 atom stereocenters. The van der Waals surface area contributed by atoms with Crippen LogP contribution in [0.15, 0.2) is 15.9 Å². The third kappa shape index (κ3) is 2.64. The van der Waals surface area contributed by atoms with Gasteiger partial charge in [-0.15, -0.1) is 11.3 Å². The maximum atomic E-state index is 12.6. The van der Waals surface area contributed by atoms with Gasteiger partial charge in [0.2, 0.25) is 5.78 Å². The average Bonchev–Trinajstić information content (AvgIpc) is 2.76. The molecular formula is C13H17BrO2S. The van der Waals surface area contributed by atoms with Crippen molar-refractivity contribution in [1.29, 1.82) is 0 Å². The molecule has 0 N–H and O–H groups in total. The van der Waals surface area contributed by atoms with Gasteiger partial charge >= 0.3 is 0 Å². The van der Waals surface area contributed by atoms with Crippen LogP contribution in [0, 0.1) is 0 Å². The summed E-state index contributed by atoms with van der Waals surface area (Å²) in [6, 6.07) is 1.93. The molecule has 1 saturated carbocycles. The first kappa shape index (κ1) is 13.2. The molecule has 0 aliphatic heterocycles. The Bertz CT molecular complexity index is 388. The van der Waals surface area contributed by atoms with E-state index in [4.69, 9.17) is 4.74 Å². The van der Waals surface area contributed by atoms with Crippen LogP contribution >= 0.6 is 27.3 Å². The molecule has 1 aliphatic carbocycles. The smallest absolute Gasteiger partial charge is 0.205 e. The molecule has 2 nitrogen and oxygen atoms in total. The van der Waals surface area contributed by atoms with Crippen LogP contribution in [0.1, 0.15) is 48.7 Å². The zero-order valence-electron chi connectivity index (χ0n) is 10.0. The molecule has 1 aromatic heterocycles. The highest BCUT2D eigenvalue weighted by molar-refractivity contribution is 9.10. The van der Waals surface area contributed by atoms with Crippen molar-refractivity contribution in [2.75, 3.05) is 6.61 Å². The van der Waals surface area contributed by atoms with E-state index in [1.165, 1.54) is 17.8 Å². The first-order chi connectivity index (χ1) is 8.19. The Hall–Kier alpha value is -0.190. The van der Waals surface area contributed by atoms with E-state index in [9.17, 15) is 4.79 Å². The summed E-state index contributed by atoms with van der Waals surface area (Å²) in [4.78, 5) is 13.5. The summed E-state index contributed by atoms with van der Waals surface area (Å²) in [6.45, 7) is 2.57. The van der Waals surface area contributed by atoms with Gasteiger partial charge in [0, 0.05) is 11.1 Å². The lowest BCUT2D eigenvalue weighted by atomic mass is 9.81. The van der Waals surface area contributed by atoms with Crippen molar-refractivity contribution < 1.29 is 9.53 Å². The van der Waals surface area contributed by atoms with Gasteiger partial charge in [0.25, 0.3) is 0 Å². The van der Waals surface area contributed by atoms with Gasteiger partial charge in [0.15, 0.2) is 0 Å². The van der Waals surface area contributed by atoms with E-state index in [0.717, 1.165) is 35.0 Å². The van der Waals surface area contributed by atoms with Crippen LogP contribution in [-0.2, 0) is 4.74 Å². The first-order valence-corrected chi connectivity index (χ1v) is 7.78. The third-order valence-corrected chi connectivity index (χ3v) is 5.16. The average molecular weight is 317 g/mol. The van der Waals surface area contributed by atoms with Gasteiger partial charge in [-0.2, -0.15) is 0 Å². The second-order valence-electron chi connectivity index (χ2n) is 4.41. The molecule has 0 bridgehead atoms. The van der Waals surface area contributed by atoms with Crippen molar-refractivity contribution in [2.24, 2.45) is 0 Å². The minimum absolute atomic E-state index is 0.168. The number of carbonyl (C=O) groups is 1. The zero-order chi connectivity index (χ0) is 12.3. The lowest BCUT2D eigenvalue weighted by Gasteiger charge is -2.35. The molecule has 0 spiro atoms. The number of halogens is 1. The quantitative estimate of drug-likeness (QED) is 0.768. The molecule has 0 radical (unpaired) electrons. The molecule has 1 heterocycles. The van der Waals surface area contributed by atoms with Gasteiger partial charge in [-0.1, -0.05) is 19.3 Å².